The van der Waals surface area contributed by atoms with Crippen molar-refractivity contribution >= 4 is 17.9 Å². The molecule has 0 saturated heterocycles. The van der Waals surface area contributed by atoms with Crippen molar-refractivity contribution in [3.63, 3.8) is 0 Å². The van der Waals surface area contributed by atoms with Crippen LogP contribution < -0.4 is 9.47 Å². The van der Waals surface area contributed by atoms with E-state index in [2.05, 4.69) is 57.0 Å². The summed E-state index contributed by atoms with van der Waals surface area (Å²) in [7, 11) is 0. The second kappa shape index (κ2) is 12.0. The highest BCUT2D eigenvalue weighted by atomic mass is 16.6. The molecule has 0 N–H and O–H groups in total. The number of carbonyl (C=O) groups is 3. The minimum absolute atomic E-state index is 0.119. The van der Waals surface area contributed by atoms with E-state index in [0.29, 0.717) is 6.61 Å². The lowest BCUT2D eigenvalue weighted by Crippen LogP contribution is -2.12. The van der Waals surface area contributed by atoms with Crippen molar-refractivity contribution in [3.8, 4) is 33.8 Å². The minimum Gasteiger partial charge on any atom is -0.462 e. The minimum atomic E-state index is -0.617. The van der Waals surface area contributed by atoms with Gasteiger partial charge in [-0.15, -0.1) is 0 Å². The van der Waals surface area contributed by atoms with Gasteiger partial charge in [0, 0.05) is 23.1 Å². The van der Waals surface area contributed by atoms with Gasteiger partial charge in [-0.05, 0) is 84.7 Å². The lowest BCUT2D eigenvalue weighted by atomic mass is 9.93. The van der Waals surface area contributed by atoms with Gasteiger partial charge in [0.1, 0.15) is 0 Å². The molecule has 40 heavy (non-hydrogen) atoms. The first kappa shape index (κ1) is 28.3. The molecule has 204 valence electrons. The van der Waals surface area contributed by atoms with Crippen molar-refractivity contribution in [1.82, 2.24) is 0 Å². The van der Waals surface area contributed by atoms with Crippen LogP contribution in [-0.4, -0.2) is 24.5 Å². The largest absolute Gasteiger partial charge is 0.462 e. The number of carbonyl (C=O) groups excluding carboxylic acids is 3. The third-order valence-electron chi connectivity index (χ3n) is 6.86. The first-order valence-electron chi connectivity index (χ1n) is 13.0. The van der Waals surface area contributed by atoms with Crippen LogP contribution >= 0.6 is 0 Å². The fourth-order valence-corrected chi connectivity index (χ4v) is 4.68. The van der Waals surface area contributed by atoms with Crippen LogP contribution in [-0.2, 0) is 25.5 Å². The maximum Gasteiger partial charge on any atom is 0.338 e. The van der Waals surface area contributed by atoms with Gasteiger partial charge in [-0.25, -0.2) is 14.4 Å². The highest BCUT2D eigenvalue weighted by molar-refractivity contribution is 5.91. The van der Waals surface area contributed by atoms with E-state index in [-0.39, 0.29) is 28.6 Å². The zero-order valence-electron chi connectivity index (χ0n) is 23.0. The summed E-state index contributed by atoms with van der Waals surface area (Å²) in [4.78, 5) is 35.9. The predicted octanol–water partition coefficient (Wildman–Crippen LogP) is 7.05. The molecule has 6 nitrogen and oxygen atoms in total. The topological polar surface area (TPSA) is 78.9 Å². The van der Waals surface area contributed by atoms with Gasteiger partial charge in [-0.2, -0.15) is 0 Å². The van der Waals surface area contributed by atoms with Crippen LogP contribution in [0.5, 0.6) is 11.5 Å². The number of hydrogen-bond acceptors (Lipinski definition) is 6. The fraction of sp³-hybridized carbons (Fsp3) is 0.206. The van der Waals surface area contributed by atoms with Gasteiger partial charge in [0.15, 0.2) is 11.5 Å². The Kier molecular flexibility index (Phi) is 8.49. The van der Waals surface area contributed by atoms with E-state index in [4.69, 9.17) is 14.2 Å². The van der Waals surface area contributed by atoms with E-state index in [9.17, 15) is 14.4 Å². The standard InChI is InChI=1S/C34H32O6/c1-7-32(35)38-19-27-9-8-26-17-25(11-14-29(26)27)28-13-10-23(16-22(28)6)24-12-15-30(39-33(36)20(2)3)31(18-24)40-34(37)21(4)5/h7,10-18,27H,1-2,4,8-9,19H2,3,5-6H3. The molecule has 4 rings (SSSR count). The average Bonchev–Trinajstić information content (AvgIpc) is 3.34. The highest BCUT2D eigenvalue weighted by Gasteiger charge is 2.24. The Morgan fingerprint density at radius 3 is 2.12 bits per heavy atom. The van der Waals surface area contributed by atoms with Crippen LogP contribution in [0.3, 0.4) is 0 Å². The number of esters is 3. The molecular formula is C34H32O6. The second-order valence-corrected chi connectivity index (χ2v) is 10.0. The van der Waals surface area contributed by atoms with Gasteiger partial charge in [-0.3, -0.25) is 0 Å². The van der Waals surface area contributed by atoms with Gasteiger partial charge in [0.05, 0.1) is 6.61 Å². The monoisotopic (exact) mass is 536 g/mol. The Morgan fingerprint density at radius 1 is 0.850 bits per heavy atom. The van der Waals surface area contributed by atoms with Crippen LogP contribution in [0.15, 0.2) is 91.6 Å². The second-order valence-electron chi connectivity index (χ2n) is 10.0. The SMILES string of the molecule is C=CC(=O)OCC1CCc2cc(-c3ccc(-c4ccc(OC(=O)C(=C)C)c(OC(=O)C(=C)C)c4)cc3C)ccc21. The summed E-state index contributed by atoms with van der Waals surface area (Å²) in [5.41, 5.74) is 7.94. The number of ether oxygens (including phenoxy) is 3. The zero-order valence-corrected chi connectivity index (χ0v) is 23.0. The number of rotatable bonds is 9. The quantitative estimate of drug-likeness (QED) is 0.166. The molecule has 0 heterocycles. The Labute approximate surface area is 234 Å². The molecule has 0 bridgehead atoms. The van der Waals surface area contributed by atoms with Gasteiger partial charge < -0.3 is 14.2 Å². The number of benzene rings is 3. The molecule has 0 fully saturated rings. The van der Waals surface area contributed by atoms with Crippen molar-refractivity contribution < 1.29 is 28.6 Å². The lowest BCUT2D eigenvalue weighted by molar-refractivity contribution is -0.138. The van der Waals surface area contributed by atoms with E-state index >= 15 is 0 Å². The molecule has 1 atom stereocenters. The molecule has 0 spiro atoms. The molecule has 0 aromatic heterocycles. The summed E-state index contributed by atoms with van der Waals surface area (Å²) in [5, 5.41) is 0. The van der Waals surface area contributed by atoms with Crippen molar-refractivity contribution in [2.24, 2.45) is 0 Å². The van der Waals surface area contributed by atoms with Crippen LogP contribution in [0, 0.1) is 6.92 Å². The third kappa shape index (κ3) is 6.29. The van der Waals surface area contributed by atoms with Crippen molar-refractivity contribution in [2.75, 3.05) is 6.61 Å². The summed E-state index contributed by atoms with van der Waals surface area (Å²) in [6, 6.07) is 17.7. The van der Waals surface area contributed by atoms with Gasteiger partial charge in [0.2, 0.25) is 0 Å². The summed E-state index contributed by atoms with van der Waals surface area (Å²) >= 11 is 0. The van der Waals surface area contributed by atoms with Crippen molar-refractivity contribution in [1.29, 1.82) is 0 Å². The van der Waals surface area contributed by atoms with Crippen LogP contribution in [0.2, 0.25) is 0 Å². The third-order valence-corrected chi connectivity index (χ3v) is 6.86. The van der Waals surface area contributed by atoms with Crippen LogP contribution in [0.4, 0.5) is 0 Å². The summed E-state index contributed by atoms with van der Waals surface area (Å²) < 4.78 is 16.1. The molecule has 0 radical (unpaired) electrons. The molecule has 6 heteroatoms. The van der Waals surface area contributed by atoms with Crippen LogP contribution in [0.1, 0.15) is 42.9 Å². The fourth-order valence-electron chi connectivity index (χ4n) is 4.68. The van der Waals surface area contributed by atoms with E-state index < -0.39 is 17.9 Å². The Bertz CT molecular complexity index is 1540. The van der Waals surface area contributed by atoms with E-state index in [0.717, 1.165) is 40.7 Å². The maximum absolute atomic E-state index is 12.3. The van der Waals surface area contributed by atoms with Gasteiger partial charge in [-0.1, -0.05) is 62.2 Å². The first-order valence-corrected chi connectivity index (χ1v) is 13.0. The highest BCUT2D eigenvalue weighted by Crippen LogP contribution is 2.38. The lowest BCUT2D eigenvalue weighted by Gasteiger charge is -2.15. The molecule has 1 aliphatic rings. The average molecular weight is 537 g/mol. The van der Waals surface area contributed by atoms with Crippen molar-refractivity contribution in [2.45, 2.75) is 39.5 Å². The molecular weight excluding hydrogens is 504 g/mol. The normalized spacial score (nSPS) is 13.6. The Hall–Kier alpha value is -4.71. The van der Waals surface area contributed by atoms with E-state index in [1.54, 1.807) is 26.0 Å². The van der Waals surface area contributed by atoms with Gasteiger partial charge >= 0.3 is 17.9 Å². The molecule has 1 unspecified atom stereocenters. The number of fused-ring (bicyclic) bond motifs is 1. The van der Waals surface area contributed by atoms with Crippen LogP contribution in [0.25, 0.3) is 22.3 Å². The molecule has 3 aromatic carbocycles. The molecule has 0 saturated carbocycles. The van der Waals surface area contributed by atoms with E-state index in [1.165, 1.54) is 17.2 Å². The number of hydrogen-bond donors (Lipinski definition) is 0. The predicted molar refractivity (Wildman–Crippen MR) is 155 cm³/mol. The molecule has 0 aliphatic heterocycles. The molecule has 1 aliphatic carbocycles. The first-order chi connectivity index (χ1) is 19.1. The van der Waals surface area contributed by atoms with Crippen molar-refractivity contribution in [3.05, 3.63) is 108 Å². The van der Waals surface area contributed by atoms with Gasteiger partial charge in [0.25, 0.3) is 0 Å². The Morgan fingerprint density at radius 2 is 1.48 bits per heavy atom. The summed E-state index contributed by atoms with van der Waals surface area (Å²) in [6.07, 6.45) is 3.06. The maximum atomic E-state index is 12.3. The number of aryl methyl sites for hydroxylation is 2. The molecule has 3 aromatic rings. The van der Waals surface area contributed by atoms with E-state index in [1.807, 2.05) is 12.1 Å². The smallest absolute Gasteiger partial charge is 0.338 e. The molecule has 0 amide bonds. The Balaban J connectivity index is 1.60. The summed E-state index contributed by atoms with van der Waals surface area (Å²) in [6.45, 7) is 16.2. The zero-order chi connectivity index (χ0) is 29.0. The summed E-state index contributed by atoms with van der Waals surface area (Å²) in [5.74, 6) is -1.19.